The Morgan fingerprint density at radius 1 is 1.00 bits per heavy atom. The summed E-state index contributed by atoms with van der Waals surface area (Å²) in [6, 6.07) is 14.9. The van der Waals surface area contributed by atoms with Gasteiger partial charge in [-0.1, -0.05) is 40.2 Å². The topological polar surface area (TPSA) is 71.1 Å². The molecule has 5 nitrogen and oxygen atoms in total. The van der Waals surface area contributed by atoms with Gasteiger partial charge < -0.3 is 5.32 Å². The summed E-state index contributed by atoms with van der Waals surface area (Å²) in [5.41, 5.74) is 1.15. The average Bonchev–Trinajstić information content (AvgIpc) is 2.62. The van der Waals surface area contributed by atoms with Crippen molar-refractivity contribution in [1.82, 2.24) is 15.0 Å². The van der Waals surface area contributed by atoms with Crippen LogP contribution in [0.1, 0.15) is 5.56 Å². The Balaban J connectivity index is 1.57. The van der Waals surface area contributed by atoms with E-state index < -0.39 is 10.0 Å². The van der Waals surface area contributed by atoms with Crippen LogP contribution >= 0.6 is 15.9 Å². The van der Waals surface area contributed by atoms with Gasteiger partial charge in [0.05, 0.1) is 4.90 Å². The smallest absolute Gasteiger partial charge is 0.241 e. The molecule has 0 saturated carbocycles. The van der Waals surface area contributed by atoms with Crippen LogP contribution in [-0.4, -0.2) is 26.5 Å². The number of benzene rings is 2. The molecule has 0 amide bonds. The Morgan fingerprint density at radius 2 is 1.80 bits per heavy atom. The van der Waals surface area contributed by atoms with Gasteiger partial charge in [-0.2, -0.15) is 0 Å². The van der Waals surface area contributed by atoms with Gasteiger partial charge in [0.2, 0.25) is 10.0 Å². The van der Waals surface area contributed by atoms with Crippen molar-refractivity contribution < 1.29 is 8.42 Å². The molecule has 1 aromatic heterocycles. The van der Waals surface area contributed by atoms with Crippen molar-refractivity contribution in [2.45, 2.75) is 11.4 Å². The lowest BCUT2D eigenvalue weighted by atomic mass is 10.2. The van der Waals surface area contributed by atoms with E-state index in [1.165, 1.54) is 0 Å². The molecule has 0 atom stereocenters. The Hall–Kier alpha value is -1.80. The lowest BCUT2D eigenvalue weighted by Gasteiger charge is -2.10. The monoisotopic (exact) mass is 419 g/mol. The zero-order valence-electron chi connectivity index (χ0n) is 13.4. The fourth-order valence-electron chi connectivity index (χ4n) is 2.51. The van der Waals surface area contributed by atoms with Crippen molar-refractivity contribution in [3.8, 4) is 0 Å². The van der Waals surface area contributed by atoms with Crippen molar-refractivity contribution in [3.05, 3.63) is 71.0 Å². The van der Waals surface area contributed by atoms with Gasteiger partial charge in [0.15, 0.2) is 0 Å². The Bertz CT molecular complexity index is 954. The van der Waals surface area contributed by atoms with E-state index in [4.69, 9.17) is 0 Å². The minimum Gasteiger partial charge on any atom is -0.311 e. The Kier molecular flexibility index (Phi) is 5.80. The number of hydrogen-bond donors (Lipinski definition) is 2. The first-order valence-corrected chi connectivity index (χ1v) is 10.1. The van der Waals surface area contributed by atoms with E-state index in [2.05, 4.69) is 31.0 Å². The van der Waals surface area contributed by atoms with Crippen LogP contribution in [0.3, 0.4) is 0 Å². The molecule has 1 heterocycles. The van der Waals surface area contributed by atoms with Gasteiger partial charge in [0.25, 0.3) is 0 Å². The summed E-state index contributed by atoms with van der Waals surface area (Å²) in [4.78, 5) is 4.31. The molecule has 0 radical (unpaired) electrons. The second-order valence-electron chi connectivity index (χ2n) is 5.55. The number of pyridine rings is 1. The standard InChI is InChI=1S/C18H18BrN3O2S/c19-16-6-4-14(5-7-16)12-21-10-11-22-25(23,24)18-3-1-2-15-13-20-9-8-17(15)18/h1-9,13,21-22H,10-12H2. The van der Waals surface area contributed by atoms with Crippen LogP contribution in [0.4, 0.5) is 0 Å². The molecule has 2 aromatic carbocycles. The van der Waals surface area contributed by atoms with Crippen LogP contribution in [0, 0.1) is 0 Å². The molecule has 0 aliphatic heterocycles. The second-order valence-corrected chi connectivity index (χ2v) is 8.21. The van der Waals surface area contributed by atoms with E-state index in [1.807, 2.05) is 30.3 Å². The highest BCUT2D eigenvalue weighted by molar-refractivity contribution is 9.10. The molecule has 2 N–H and O–H groups in total. The molecule has 7 heteroatoms. The minimum absolute atomic E-state index is 0.278. The number of fused-ring (bicyclic) bond motifs is 1. The molecular weight excluding hydrogens is 402 g/mol. The third-order valence-corrected chi connectivity index (χ3v) is 5.81. The third-order valence-electron chi connectivity index (χ3n) is 3.77. The van der Waals surface area contributed by atoms with Gasteiger partial charge in [0.1, 0.15) is 0 Å². The summed E-state index contributed by atoms with van der Waals surface area (Å²) in [7, 11) is -3.56. The Morgan fingerprint density at radius 3 is 2.60 bits per heavy atom. The van der Waals surface area contributed by atoms with E-state index in [0.717, 1.165) is 15.4 Å². The molecule has 3 aromatic rings. The Labute approximate surface area is 155 Å². The number of sulfonamides is 1. The molecule has 0 spiro atoms. The maximum Gasteiger partial charge on any atom is 0.241 e. The van der Waals surface area contributed by atoms with E-state index >= 15 is 0 Å². The van der Waals surface area contributed by atoms with Gasteiger partial charge >= 0.3 is 0 Å². The normalized spacial score (nSPS) is 11.7. The lowest BCUT2D eigenvalue weighted by molar-refractivity contribution is 0.577. The maximum absolute atomic E-state index is 12.6. The summed E-state index contributed by atoms with van der Waals surface area (Å²) in [5.74, 6) is 0. The highest BCUT2D eigenvalue weighted by atomic mass is 79.9. The molecule has 0 saturated heterocycles. The zero-order valence-corrected chi connectivity index (χ0v) is 15.8. The van der Waals surface area contributed by atoms with Crippen molar-refractivity contribution in [2.24, 2.45) is 0 Å². The van der Waals surface area contributed by atoms with E-state index in [1.54, 1.807) is 30.6 Å². The fraction of sp³-hybridized carbons (Fsp3) is 0.167. The van der Waals surface area contributed by atoms with Gasteiger partial charge in [-0.05, 0) is 29.8 Å². The van der Waals surface area contributed by atoms with Gasteiger partial charge in [-0.15, -0.1) is 0 Å². The van der Waals surface area contributed by atoms with Crippen molar-refractivity contribution >= 4 is 36.7 Å². The summed E-state index contributed by atoms with van der Waals surface area (Å²) < 4.78 is 28.8. The highest BCUT2D eigenvalue weighted by Gasteiger charge is 2.16. The fourth-order valence-corrected chi connectivity index (χ4v) is 4.04. The van der Waals surface area contributed by atoms with Gasteiger partial charge in [0, 0.05) is 47.3 Å². The summed E-state index contributed by atoms with van der Waals surface area (Å²) in [5, 5.41) is 4.71. The third kappa shape index (κ3) is 4.64. The molecule has 0 unspecified atom stereocenters. The number of rotatable bonds is 7. The first-order valence-electron chi connectivity index (χ1n) is 7.84. The predicted molar refractivity (Wildman–Crippen MR) is 103 cm³/mol. The average molecular weight is 420 g/mol. The second kappa shape index (κ2) is 8.05. The predicted octanol–water partition coefficient (Wildman–Crippen LogP) is 3.07. The van der Waals surface area contributed by atoms with Crippen molar-refractivity contribution in [2.75, 3.05) is 13.1 Å². The van der Waals surface area contributed by atoms with Gasteiger partial charge in [-0.25, -0.2) is 13.1 Å². The summed E-state index contributed by atoms with van der Waals surface area (Å²) in [6.07, 6.45) is 3.26. The minimum atomic E-state index is -3.56. The van der Waals surface area contributed by atoms with E-state index in [9.17, 15) is 8.42 Å². The zero-order chi connectivity index (χ0) is 17.7. The first kappa shape index (κ1) is 18.0. The van der Waals surface area contributed by atoms with Crippen LogP contribution in [0.5, 0.6) is 0 Å². The molecule has 0 aliphatic rings. The number of nitrogens with zero attached hydrogens (tertiary/aromatic N) is 1. The number of hydrogen-bond acceptors (Lipinski definition) is 4. The molecule has 25 heavy (non-hydrogen) atoms. The quantitative estimate of drug-likeness (QED) is 0.577. The van der Waals surface area contributed by atoms with E-state index in [-0.39, 0.29) is 4.90 Å². The summed E-state index contributed by atoms with van der Waals surface area (Å²) in [6.45, 7) is 1.55. The molecule has 3 rings (SSSR count). The van der Waals surface area contributed by atoms with Crippen LogP contribution in [0.15, 0.2) is 70.3 Å². The van der Waals surface area contributed by atoms with Gasteiger partial charge in [-0.3, -0.25) is 4.98 Å². The number of aromatic nitrogens is 1. The van der Waals surface area contributed by atoms with E-state index in [0.29, 0.717) is 25.0 Å². The SMILES string of the molecule is O=S(=O)(NCCNCc1ccc(Br)cc1)c1cccc2cnccc12. The maximum atomic E-state index is 12.6. The highest BCUT2D eigenvalue weighted by Crippen LogP contribution is 2.21. The number of nitrogens with one attached hydrogen (secondary N) is 2. The molecule has 130 valence electrons. The molecule has 0 fully saturated rings. The molecule has 0 aliphatic carbocycles. The first-order chi connectivity index (χ1) is 12.1. The number of halogens is 1. The van der Waals surface area contributed by atoms with Crippen LogP contribution in [0.25, 0.3) is 10.8 Å². The van der Waals surface area contributed by atoms with Crippen LogP contribution in [-0.2, 0) is 16.6 Å². The molecule has 0 bridgehead atoms. The van der Waals surface area contributed by atoms with Crippen molar-refractivity contribution in [3.63, 3.8) is 0 Å². The van der Waals surface area contributed by atoms with Crippen molar-refractivity contribution in [1.29, 1.82) is 0 Å². The largest absolute Gasteiger partial charge is 0.311 e. The summed E-state index contributed by atoms with van der Waals surface area (Å²) >= 11 is 3.40. The lowest BCUT2D eigenvalue weighted by Crippen LogP contribution is -2.31. The molecular formula is C18H18BrN3O2S. The van der Waals surface area contributed by atoms with Crippen LogP contribution < -0.4 is 10.0 Å². The van der Waals surface area contributed by atoms with Crippen LogP contribution in [0.2, 0.25) is 0 Å².